The third kappa shape index (κ3) is 3.18. The number of aliphatic hydroxyl groups excluding tert-OH is 1. The van der Waals surface area contributed by atoms with E-state index in [0.717, 1.165) is 0 Å². The summed E-state index contributed by atoms with van der Waals surface area (Å²) in [5.74, 6) is -0.341. The molecule has 0 amide bonds. The van der Waals surface area contributed by atoms with Crippen LogP contribution in [0.4, 0.5) is 0 Å². The zero-order valence-electron chi connectivity index (χ0n) is 8.14. The number of hydrogen-bond donors (Lipinski definition) is 1. The summed E-state index contributed by atoms with van der Waals surface area (Å²) in [4.78, 5) is 11.4. The van der Waals surface area contributed by atoms with E-state index in [-0.39, 0.29) is 18.7 Å². The van der Waals surface area contributed by atoms with Crippen LogP contribution in [0.15, 0.2) is 30.3 Å². The van der Waals surface area contributed by atoms with Crippen molar-refractivity contribution in [3.63, 3.8) is 0 Å². The van der Waals surface area contributed by atoms with E-state index in [1.54, 1.807) is 31.2 Å². The molecular weight excluding hydrogens is 180 g/mol. The third-order valence-corrected chi connectivity index (χ3v) is 1.85. The molecule has 14 heavy (non-hydrogen) atoms. The van der Waals surface area contributed by atoms with Crippen molar-refractivity contribution in [2.45, 2.75) is 19.4 Å². The minimum atomic E-state index is -0.341. The minimum absolute atomic E-state index is 0.0310. The molecule has 0 radical (unpaired) electrons. The summed E-state index contributed by atoms with van der Waals surface area (Å²) < 4.78 is 5.08. The second-order valence-corrected chi connectivity index (χ2v) is 3.09. The monoisotopic (exact) mass is 194 g/mol. The van der Waals surface area contributed by atoms with Gasteiger partial charge < -0.3 is 9.84 Å². The van der Waals surface area contributed by atoms with Gasteiger partial charge in [-0.2, -0.15) is 0 Å². The fourth-order valence-corrected chi connectivity index (χ4v) is 1.07. The van der Waals surface area contributed by atoms with E-state index in [4.69, 9.17) is 9.84 Å². The van der Waals surface area contributed by atoms with Crippen LogP contribution in [0.2, 0.25) is 0 Å². The summed E-state index contributed by atoms with van der Waals surface area (Å²) in [6, 6.07) is 8.82. The molecule has 0 bridgehead atoms. The Balaban J connectivity index is 2.51. The Labute approximate surface area is 83.3 Å². The average Bonchev–Trinajstić information content (AvgIpc) is 2.19. The van der Waals surface area contributed by atoms with Crippen molar-refractivity contribution in [3.05, 3.63) is 35.9 Å². The number of benzene rings is 1. The largest absolute Gasteiger partial charge is 0.459 e. The van der Waals surface area contributed by atoms with E-state index in [2.05, 4.69) is 0 Å². The Kier molecular flexibility index (Phi) is 4.13. The van der Waals surface area contributed by atoms with Crippen LogP contribution >= 0.6 is 0 Å². The highest BCUT2D eigenvalue weighted by Crippen LogP contribution is 2.05. The van der Waals surface area contributed by atoms with Crippen LogP contribution in [0.25, 0.3) is 0 Å². The number of aliphatic hydroxyl groups is 1. The predicted octanol–water partition coefficient (Wildman–Crippen LogP) is 1.61. The summed E-state index contributed by atoms with van der Waals surface area (Å²) in [7, 11) is 0. The van der Waals surface area contributed by atoms with E-state index in [1.165, 1.54) is 0 Å². The van der Waals surface area contributed by atoms with Crippen molar-refractivity contribution in [2.24, 2.45) is 0 Å². The molecule has 0 aromatic heterocycles. The van der Waals surface area contributed by atoms with Gasteiger partial charge in [0.1, 0.15) is 6.10 Å². The molecule has 0 saturated carbocycles. The molecule has 76 valence electrons. The maximum Gasteiger partial charge on any atom is 0.338 e. The molecule has 3 heteroatoms. The number of carbonyl (C=O) groups is 1. The van der Waals surface area contributed by atoms with Crippen LogP contribution in [-0.4, -0.2) is 23.8 Å². The molecule has 0 saturated heterocycles. The number of esters is 1. The van der Waals surface area contributed by atoms with Crippen LogP contribution in [0.1, 0.15) is 23.7 Å². The second kappa shape index (κ2) is 5.40. The number of rotatable bonds is 4. The maximum absolute atomic E-state index is 11.4. The molecule has 1 atom stereocenters. The van der Waals surface area contributed by atoms with Gasteiger partial charge in [-0.1, -0.05) is 18.2 Å². The first-order chi connectivity index (χ1) is 6.74. The lowest BCUT2D eigenvalue weighted by molar-refractivity contribution is 0.0289. The average molecular weight is 194 g/mol. The quantitative estimate of drug-likeness (QED) is 0.741. The topological polar surface area (TPSA) is 46.5 Å². The minimum Gasteiger partial charge on any atom is -0.459 e. The Morgan fingerprint density at radius 2 is 2.07 bits per heavy atom. The molecule has 1 rings (SSSR count). The molecule has 0 unspecified atom stereocenters. The van der Waals surface area contributed by atoms with Crippen molar-refractivity contribution in [3.8, 4) is 0 Å². The first-order valence-electron chi connectivity index (χ1n) is 4.61. The van der Waals surface area contributed by atoms with Crippen LogP contribution in [0, 0.1) is 0 Å². The zero-order valence-corrected chi connectivity index (χ0v) is 8.14. The molecule has 1 aromatic rings. The van der Waals surface area contributed by atoms with Crippen LogP contribution in [0.3, 0.4) is 0 Å². The molecule has 0 aliphatic carbocycles. The summed E-state index contributed by atoms with van der Waals surface area (Å²) in [5.41, 5.74) is 0.539. The van der Waals surface area contributed by atoms with E-state index in [0.29, 0.717) is 12.0 Å². The van der Waals surface area contributed by atoms with Gasteiger partial charge in [0, 0.05) is 13.0 Å². The molecule has 1 aromatic carbocycles. The third-order valence-electron chi connectivity index (χ3n) is 1.85. The van der Waals surface area contributed by atoms with Crippen molar-refractivity contribution >= 4 is 5.97 Å². The van der Waals surface area contributed by atoms with E-state index < -0.39 is 0 Å². The highest BCUT2D eigenvalue weighted by molar-refractivity contribution is 5.89. The highest BCUT2D eigenvalue weighted by atomic mass is 16.5. The molecule has 1 N–H and O–H groups in total. The number of carbonyl (C=O) groups excluding carboxylic acids is 1. The first kappa shape index (κ1) is 10.7. The van der Waals surface area contributed by atoms with E-state index >= 15 is 0 Å². The Bertz CT molecular complexity index is 282. The summed E-state index contributed by atoms with van der Waals surface area (Å²) in [6.45, 7) is 1.79. The predicted molar refractivity (Wildman–Crippen MR) is 53.0 cm³/mol. The van der Waals surface area contributed by atoms with Gasteiger partial charge in [-0.3, -0.25) is 0 Å². The normalized spacial score (nSPS) is 12.1. The van der Waals surface area contributed by atoms with Gasteiger partial charge in [0.25, 0.3) is 0 Å². The van der Waals surface area contributed by atoms with Gasteiger partial charge >= 0.3 is 5.97 Å². The standard InChI is InChI=1S/C11H14O3/c1-9(7-8-12)14-11(13)10-5-3-2-4-6-10/h2-6,9,12H,7-8H2,1H3/t9-/m0/s1. The van der Waals surface area contributed by atoms with Gasteiger partial charge in [0.15, 0.2) is 0 Å². The van der Waals surface area contributed by atoms with Crippen LogP contribution in [0.5, 0.6) is 0 Å². The molecule has 3 nitrogen and oxygen atoms in total. The maximum atomic E-state index is 11.4. The lowest BCUT2D eigenvalue weighted by atomic mass is 10.2. The zero-order chi connectivity index (χ0) is 10.4. The van der Waals surface area contributed by atoms with Crippen molar-refractivity contribution in [1.29, 1.82) is 0 Å². The van der Waals surface area contributed by atoms with Crippen LogP contribution < -0.4 is 0 Å². The number of hydrogen-bond acceptors (Lipinski definition) is 3. The van der Waals surface area contributed by atoms with Crippen molar-refractivity contribution in [2.75, 3.05) is 6.61 Å². The lowest BCUT2D eigenvalue weighted by Crippen LogP contribution is -2.16. The van der Waals surface area contributed by atoms with Gasteiger partial charge in [0.2, 0.25) is 0 Å². The lowest BCUT2D eigenvalue weighted by Gasteiger charge is -2.11. The molecule has 0 aliphatic rings. The van der Waals surface area contributed by atoms with Gasteiger partial charge in [-0.05, 0) is 19.1 Å². The fourth-order valence-electron chi connectivity index (χ4n) is 1.07. The second-order valence-electron chi connectivity index (χ2n) is 3.09. The summed E-state index contributed by atoms with van der Waals surface area (Å²) in [5, 5.41) is 8.63. The van der Waals surface area contributed by atoms with Crippen molar-refractivity contribution in [1.82, 2.24) is 0 Å². The first-order valence-corrected chi connectivity index (χ1v) is 4.61. The van der Waals surface area contributed by atoms with Gasteiger partial charge in [-0.25, -0.2) is 4.79 Å². The van der Waals surface area contributed by atoms with Gasteiger partial charge in [-0.15, -0.1) is 0 Å². The highest BCUT2D eigenvalue weighted by Gasteiger charge is 2.10. The van der Waals surface area contributed by atoms with Crippen LogP contribution in [-0.2, 0) is 4.74 Å². The smallest absolute Gasteiger partial charge is 0.338 e. The molecule has 0 aliphatic heterocycles. The van der Waals surface area contributed by atoms with Crippen molar-refractivity contribution < 1.29 is 14.6 Å². The molecule has 0 fully saturated rings. The van der Waals surface area contributed by atoms with E-state index in [9.17, 15) is 4.79 Å². The molecule has 0 heterocycles. The summed E-state index contributed by atoms with van der Waals surface area (Å²) >= 11 is 0. The number of ether oxygens (including phenoxy) is 1. The SMILES string of the molecule is C[C@@H](CCO)OC(=O)c1ccccc1. The molecular formula is C11H14O3. The summed E-state index contributed by atoms with van der Waals surface area (Å²) in [6.07, 6.45) is 0.228. The Morgan fingerprint density at radius 1 is 1.43 bits per heavy atom. The van der Waals surface area contributed by atoms with Gasteiger partial charge in [0.05, 0.1) is 5.56 Å². The Morgan fingerprint density at radius 3 is 2.64 bits per heavy atom. The molecule has 0 spiro atoms. The van der Waals surface area contributed by atoms with E-state index in [1.807, 2.05) is 6.07 Å². The fraction of sp³-hybridized carbons (Fsp3) is 0.364. The Hall–Kier alpha value is -1.35.